The molecule has 7 heteroatoms. The van der Waals surface area contributed by atoms with E-state index in [1.54, 1.807) is 42.5 Å². The number of fused-ring (bicyclic) bond motifs is 1. The maximum absolute atomic E-state index is 12.3. The van der Waals surface area contributed by atoms with Crippen molar-refractivity contribution < 1.29 is 13.9 Å². The molecule has 0 bridgehead atoms. The molecule has 1 aromatic heterocycles. The summed E-state index contributed by atoms with van der Waals surface area (Å²) in [4.78, 5) is 16.8. The molecule has 1 N–H and O–H groups in total. The zero-order valence-corrected chi connectivity index (χ0v) is 16.9. The molecule has 0 fully saturated rings. The van der Waals surface area contributed by atoms with Crippen LogP contribution in [0.25, 0.3) is 22.6 Å². The second-order valence-electron chi connectivity index (χ2n) is 6.48. The Labute approximate surface area is 177 Å². The molecule has 0 saturated heterocycles. The molecular formula is C22H16Cl2N2O3. The first-order chi connectivity index (χ1) is 14.0. The Kier molecular flexibility index (Phi) is 5.43. The van der Waals surface area contributed by atoms with E-state index in [0.29, 0.717) is 38.5 Å². The SMILES string of the molecule is Cc1ccc2nc(-c3ccc(Cl)c(NC(=O)COc4ccc(Cl)cc4)c3)oc2c1. The predicted molar refractivity (Wildman–Crippen MR) is 115 cm³/mol. The monoisotopic (exact) mass is 426 g/mol. The third-order valence-corrected chi connectivity index (χ3v) is 4.80. The van der Waals surface area contributed by atoms with Gasteiger partial charge in [0, 0.05) is 10.6 Å². The number of ether oxygens (including phenoxy) is 1. The normalized spacial score (nSPS) is 10.9. The number of carbonyl (C=O) groups is 1. The van der Waals surface area contributed by atoms with Gasteiger partial charge in [-0.05, 0) is 67.1 Å². The quantitative estimate of drug-likeness (QED) is 0.416. The summed E-state index contributed by atoms with van der Waals surface area (Å²) in [5.41, 5.74) is 3.72. The van der Waals surface area contributed by atoms with Crippen molar-refractivity contribution in [3.8, 4) is 17.2 Å². The van der Waals surface area contributed by atoms with Crippen LogP contribution in [0, 0.1) is 6.92 Å². The van der Waals surface area contributed by atoms with Crippen molar-refractivity contribution in [1.82, 2.24) is 4.98 Å². The van der Waals surface area contributed by atoms with Gasteiger partial charge in [0.25, 0.3) is 5.91 Å². The average molecular weight is 427 g/mol. The van der Waals surface area contributed by atoms with Crippen LogP contribution in [0.5, 0.6) is 5.75 Å². The first-order valence-electron chi connectivity index (χ1n) is 8.83. The Hall–Kier alpha value is -3.02. The minimum Gasteiger partial charge on any atom is -0.484 e. The molecule has 0 spiro atoms. The van der Waals surface area contributed by atoms with Crippen molar-refractivity contribution in [2.75, 3.05) is 11.9 Å². The Morgan fingerprint density at radius 2 is 1.86 bits per heavy atom. The maximum atomic E-state index is 12.3. The molecular weight excluding hydrogens is 411 g/mol. The van der Waals surface area contributed by atoms with Crippen LogP contribution in [0.2, 0.25) is 10.0 Å². The second kappa shape index (κ2) is 8.15. The molecule has 5 nitrogen and oxygen atoms in total. The topological polar surface area (TPSA) is 64.4 Å². The van der Waals surface area contributed by atoms with Gasteiger partial charge in [0.15, 0.2) is 12.2 Å². The van der Waals surface area contributed by atoms with Crippen LogP contribution in [-0.2, 0) is 4.79 Å². The van der Waals surface area contributed by atoms with Gasteiger partial charge in [-0.1, -0.05) is 29.3 Å². The molecule has 3 aromatic carbocycles. The highest BCUT2D eigenvalue weighted by atomic mass is 35.5. The van der Waals surface area contributed by atoms with Gasteiger partial charge in [-0.2, -0.15) is 0 Å². The molecule has 0 aliphatic rings. The lowest BCUT2D eigenvalue weighted by molar-refractivity contribution is -0.118. The molecule has 4 aromatic rings. The molecule has 0 aliphatic carbocycles. The number of anilines is 1. The number of rotatable bonds is 5. The first-order valence-corrected chi connectivity index (χ1v) is 9.59. The number of aromatic nitrogens is 1. The van der Waals surface area contributed by atoms with Crippen LogP contribution in [-0.4, -0.2) is 17.5 Å². The van der Waals surface area contributed by atoms with Gasteiger partial charge < -0.3 is 14.5 Å². The maximum Gasteiger partial charge on any atom is 0.262 e. The molecule has 1 heterocycles. The van der Waals surface area contributed by atoms with E-state index in [0.717, 1.165) is 11.1 Å². The summed E-state index contributed by atoms with van der Waals surface area (Å²) in [6, 6.07) is 17.8. The number of halogens is 2. The van der Waals surface area contributed by atoms with Crippen molar-refractivity contribution in [3.05, 3.63) is 76.3 Å². The van der Waals surface area contributed by atoms with E-state index in [-0.39, 0.29) is 12.5 Å². The predicted octanol–water partition coefficient (Wildman–Crippen LogP) is 6.13. The summed E-state index contributed by atoms with van der Waals surface area (Å²) < 4.78 is 11.3. The van der Waals surface area contributed by atoms with Gasteiger partial charge in [-0.3, -0.25) is 4.79 Å². The van der Waals surface area contributed by atoms with Gasteiger partial charge in [-0.25, -0.2) is 4.98 Å². The number of aryl methyl sites for hydroxylation is 1. The lowest BCUT2D eigenvalue weighted by atomic mass is 10.2. The van der Waals surface area contributed by atoms with Gasteiger partial charge in [0.2, 0.25) is 5.89 Å². The van der Waals surface area contributed by atoms with E-state index >= 15 is 0 Å². The van der Waals surface area contributed by atoms with E-state index in [4.69, 9.17) is 32.4 Å². The lowest BCUT2D eigenvalue weighted by Crippen LogP contribution is -2.20. The van der Waals surface area contributed by atoms with Crippen LogP contribution in [0.1, 0.15) is 5.56 Å². The molecule has 29 heavy (non-hydrogen) atoms. The number of benzene rings is 3. The Morgan fingerprint density at radius 3 is 2.66 bits per heavy atom. The van der Waals surface area contributed by atoms with E-state index in [9.17, 15) is 4.79 Å². The van der Waals surface area contributed by atoms with Crippen molar-refractivity contribution in [2.24, 2.45) is 0 Å². The molecule has 1 amide bonds. The van der Waals surface area contributed by atoms with Gasteiger partial charge >= 0.3 is 0 Å². The molecule has 0 atom stereocenters. The molecule has 0 radical (unpaired) electrons. The standard InChI is InChI=1S/C22H16Cl2N2O3/c1-13-2-9-18-20(10-13)29-22(26-18)14-3-8-17(24)19(11-14)25-21(27)12-28-16-6-4-15(23)5-7-16/h2-11H,12H2,1H3,(H,25,27). The minimum absolute atomic E-state index is 0.162. The van der Waals surface area contributed by atoms with Crippen molar-refractivity contribution in [1.29, 1.82) is 0 Å². The number of hydrogen-bond acceptors (Lipinski definition) is 4. The molecule has 0 aliphatic heterocycles. The third kappa shape index (κ3) is 4.53. The van der Waals surface area contributed by atoms with Gasteiger partial charge in [0.1, 0.15) is 11.3 Å². The van der Waals surface area contributed by atoms with Crippen LogP contribution in [0.3, 0.4) is 0 Å². The van der Waals surface area contributed by atoms with Gasteiger partial charge in [-0.15, -0.1) is 0 Å². The van der Waals surface area contributed by atoms with Crippen LogP contribution in [0.15, 0.2) is 65.1 Å². The summed E-state index contributed by atoms with van der Waals surface area (Å²) in [5.74, 6) is 0.661. The highest BCUT2D eigenvalue weighted by molar-refractivity contribution is 6.33. The van der Waals surface area contributed by atoms with E-state index in [2.05, 4.69) is 10.3 Å². The van der Waals surface area contributed by atoms with Gasteiger partial charge in [0.05, 0.1) is 10.7 Å². The van der Waals surface area contributed by atoms with Crippen LogP contribution >= 0.6 is 23.2 Å². The molecule has 146 valence electrons. The highest BCUT2D eigenvalue weighted by Crippen LogP contribution is 2.30. The molecule has 0 saturated carbocycles. The number of oxazole rings is 1. The van der Waals surface area contributed by atoms with Crippen molar-refractivity contribution >= 4 is 45.9 Å². The highest BCUT2D eigenvalue weighted by Gasteiger charge is 2.13. The number of hydrogen-bond donors (Lipinski definition) is 1. The van der Waals surface area contributed by atoms with E-state index in [1.807, 2.05) is 25.1 Å². The first kappa shape index (κ1) is 19.3. The number of amides is 1. The number of nitrogens with zero attached hydrogens (tertiary/aromatic N) is 1. The summed E-state index contributed by atoms with van der Waals surface area (Å²) in [6.45, 7) is 1.83. The summed E-state index contributed by atoms with van der Waals surface area (Å²) in [6.07, 6.45) is 0. The second-order valence-corrected chi connectivity index (χ2v) is 7.32. The zero-order chi connectivity index (χ0) is 20.4. The van der Waals surface area contributed by atoms with E-state index in [1.165, 1.54) is 0 Å². The Morgan fingerprint density at radius 1 is 1.07 bits per heavy atom. The van der Waals surface area contributed by atoms with Crippen LogP contribution < -0.4 is 10.1 Å². The smallest absolute Gasteiger partial charge is 0.262 e. The lowest BCUT2D eigenvalue weighted by Gasteiger charge is -2.10. The number of nitrogens with one attached hydrogen (secondary N) is 1. The van der Waals surface area contributed by atoms with Crippen LogP contribution in [0.4, 0.5) is 5.69 Å². The molecule has 4 rings (SSSR count). The summed E-state index contributed by atoms with van der Waals surface area (Å²) in [7, 11) is 0. The zero-order valence-electron chi connectivity index (χ0n) is 15.4. The van der Waals surface area contributed by atoms with Crippen molar-refractivity contribution in [2.45, 2.75) is 6.92 Å². The average Bonchev–Trinajstić information content (AvgIpc) is 3.12. The van der Waals surface area contributed by atoms with E-state index < -0.39 is 0 Å². The summed E-state index contributed by atoms with van der Waals surface area (Å²) >= 11 is 12.1. The summed E-state index contributed by atoms with van der Waals surface area (Å²) in [5, 5.41) is 3.75. The Balaban J connectivity index is 1.50. The third-order valence-electron chi connectivity index (χ3n) is 4.21. The minimum atomic E-state index is -0.341. The van der Waals surface area contributed by atoms with Crippen molar-refractivity contribution in [3.63, 3.8) is 0 Å². The fraction of sp³-hybridized carbons (Fsp3) is 0.0909. The Bertz CT molecular complexity index is 1190. The largest absolute Gasteiger partial charge is 0.484 e. The molecule has 0 unspecified atom stereocenters. The number of carbonyl (C=O) groups excluding carboxylic acids is 1. The fourth-order valence-electron chi connectivity index (χ4n) is 2.78. The fourth-order valence-corrected chi connectivity index (χ4v) is 3.07.